The second-order valence-corrected chi connectivity index (χ2v) is 7.64. The molecule has 0 heterocycles. The van der Waals surface area contributed by atoms with Crippen LogP contribution in [-0.2, 0) is 6.42 Å². The highest BCUT2D eigenvalue weighted by molar-refractivity contribution is 9.10. The number of hydrogen-bond donors (Lipinski definition) is 1. The predicted octanol–water partition coefficient (Wildman–Crippen LogP) is 5.29. The molecule has 0 aliphatic heterocycles. The first kappa shape index (κ1) is 17.7. The number of nitrogens with one attached hydrogen (secondary N) is 1. The third-order valence-electron chi connectivity index (χ3n) is 3.58. The fourth-order valence-corrected chi connectivity index (χ4v) is 2.64. The maximum Gasteiger partial charge on any atom is 0.0175 e. The molecule has 2 heteroatoms. The van der Waals surface area contributed by atoms with Gasteiger partial charge in [-0.25, -0.2) is 0 Å². The molecule has 0 aliphatic rings. The van der Waals surface area contributed by atoms with Crippen LogP contribution in [0.25, 0.3) is 0 Å². The molecule has 0 radical (unpaired) electrons. The summed E-state index contributed by atoms with van der Waals surface area (Å²) in [6.07, 6.45) is 3.83. The van der Waals surface area contributed by atoms with Crippen molar-refractivity contribution in [3.05, 3.63) is 34.3 Å². The summed E-state index contributed by atoms with van der Waals surface area (Å²) in [6, 6.07) is 8.79. The van der Waals surface area contributed by atoms with E-state index in [0.717, 1.165) is 35.3 Å². The van der Waals surface area contributed by atoms with Crippen molar-refractivity contribution < 1.29 is 0 Å². The van der Waals surface area contributed by atoms with Crippen LogP contribution in [0.1, 0.15) is 46.1 Å². The zero-order chi connectivity index (χ0) is 15.0. The summed E-state index contributed by atoms with van der Waals surface area (Å²) in [5.41, 5.74) is 1.45. The Bertz CT molecular complexity index is 356. The van der Waals surface area contributed by atoms with Crippen molar-refractivity contribution in [1.82, 2.24) is 5.32 Å². The topological polar surface area (TPSA) is 12.0 Å². The highest BCUT2D eigenvalue weighted by Gasteiger charge is 2.11. The van der Waals surface area contributed by atoms with E-state index in [1.54, 1.807) is 0 Å². The fourth-order valence-electron chi connectivity index (χ4n) is 2.38. The Hall–Kier alpha value is -0.340. The maximum atomic E-state index is 3.63. The third-order valence-corrected chi connectivity index (χ3v) is 4.10. The summed E-state index contributed by atoms with van der Waals surface area (Å²) >= 11 is 3.51. The number of rotatable bonds is 9. The lowest BCUT2D eigenvalue weighted by molar-refractivity contribution is 0.389. The Labute approximate surface area is 133 Å². The second kappa shape index (κ2) is 9.57. The maximum absolute atomic E-state index is 3.63. The monoisotopic (exact) mass is 339 g/mol. The van der Waals surface area contributed by atoms with Crippen LogP contribution in [0.15, 0.2) is 28.7 Å². The molecule has 1 aromatic rings. The Morgan fingerprint density at radius 2 is 1.55 bits per heavy atom. The van der Waals surface area contributed by atoms with Crippen LogP contribution >= 0.6 is 15.9 Å². The van der Waals surface area contributed by atoms with Gasteiger partial charge in [0.25, 0.3) is 0 Å². The molecule has 0 bridgehead atoms. The molecular weight excluding hydrogens is 310 g/mol. The Balaban J connectivity index is 2.49. The second-order valence-electron chi connectivity index (χ2n) is 6.72. The van der Waals surface area contributed by atoms with Crippen LogP contribution in [0.2, 0.25) is 0 Å². The molecule has 0 aromatic heterocycles. The average Bonchev–Trinajstić information content (AvgIpc) is 2.37. The Kier molecular flexibility index (Phi) is 8.47. The van der Waals surface area contributed by atoms with E-state index >= 15 is 0 Å². The van der Waals surface area contributed by atoms with Crippen LogP contribution in [-0.4, -0.2) is 13.1 Å². The molecule has 20 heavy (non-hydrogen) atoms. The quantitative estimate of drug-likeness (QED) is 0.644. The summed E-state index contributed by atoms with van der Waals surface area (Å²) in [6.45, 7) is 11.4. The molecule has 1 unspecified atom stereocenters. The van der Waals surface area contributed by atoms with Gasteiger partial charge in [0.05, 0.1) is 0 Å². The minimum atomic E-state index is 0.730. The first-order valence-corrected chi connectivity index (χ1v) is 8.71. The summed E-state index contributed by atoms with van der Waals surface area (Å²) in [4.78, 5) is 0. The van der Waals surface area contributed by atoms with Gasteiger partial charge in [0.1, 0.15) is 0 Å². The molecule has 0 amide bonds. The van der Waals surface area contributed by atoms with E-state index in [0.29, 0.717) is 0 Å². The minimum absolute atomic E-state index is 0.730. The van der Waals surface area contributed by atoms with Gasteiger partial charge in [-0.15, -0.1) is 0 Å². The van der Waals surface area contributed by atoms with Crippen molar-refractivity contribution in [3.8, 4) is 0 Å². The summed E-state index contributed by atoms with van der Waals surface area (Å²) in [7, 11) is 0. The van der Waals surface area contributed by atoms with Crippen molar-refractivity contribution in [2.45, 2.75) is 47.0 Å². The molecule has 0 spiro atoms. The highest BCUT2D eigenvalue weighted by atomic mass is 79.9. The number of halogens is 1. The molecule has 1 N–H and O–H groups in total. The van der Waals surface area contributed by atoms with E-state index in [1.165, 1.54) is 24.8 Å². The lowest BCUT2D eigenvalue weighted by Crippen LogP contribution is -2.27. The zero-order valence-corrected chi connectivity index (χ0v) is 15.0. The molecule has 1 rings (SSSR count). The molecule has 1 nitrogen and oxygen atoms in total. The molecule has 1 aromatic carbocycles. The van der Waals surface area contributed by atoms with Crippen molar-refractivity contribution in [2.75, 3.05) is 13.1 Å². The lowest BCUT2D eigenvalue weighted by atomic mass is 9.91. The van der Waals surface area contributed by atoms with E-state index in [9.17, 15) is 0 Å². The molecule has 0 saturated carbocycles. The normalized spacial score (nSPS) is 13.2. The van der Waals surface area contributed by atoms with Gasteiger partial charge < -0.3 is 5.32 Å². The van der Waals surface area contributed by atoms with Crippen molar-refractivity contribution in [2.24, 2.45) is 17.8 Å². The average molecular weight is 340 g/mol. The van der Waals surface area contributed by atoms with Crippen LogP contribution in [0.3, 0.4) is 0 Å². The first-order chi connectivity index (χ1) is 9.47. The number of hydrogen-bond acceptors (Lipinski definition) is 1. The van der Waals surface area contributed by atoms with Crippen LogP contribution < -0.4 is 5.32 Å². The first-order valence-electron chi connectivity index (χ1n) is 7.92. The molecule has 114 valence electrons. The zero-order valence-electron chi connectivity index (χ0n) is 13.5. The van der Waals surface area contributed by atoms with E-state index in [1.807, 2.05) is 0 Å². The van der Waals surface area contributed by atoms with Gasteiger partial charge in [-0.3, -0.25) is 0 Å². The number of benzene rings is 1. The van der Waals surface area contributed by atoms with Gasteiger partial charge in [0.2, 0.25) is 0 Å². The summed E-state index contributed by atoms with van der Waals surface area (Å²) in [5.74, 6) is 2.28. The third kappa shape index (κ3) is 8.06. The largest absolute Gasteiger partial charge is 0.316 e. The molecule has 0 fully saturated rings. The SMILES string of the molecule is CC(C)CCC(CNCC(C)C)Cc1ccc(Br)cc1. The van der Waals surface area contributed by atoms with Crippen molar-refractivity contribution in [1.29, 1.82) is 0 Å². The van der Waals surface area contributed by atoms with E-state index in [-0.39, 0.29) is 0 Å². The van der Waals surface area contributed by atoms with Gasteiger partial charge in [-0.1, -0.05) is 62.2 Å². The van der Waals surface area contributed by atoms with E-state index in [4.69, 9.17) is 0 Å². The Morgan fingerprint density at radius 1 is 0.900 bits per heavy atom. The smallest absolute Gasteiger partial charge is 0.0175 e. The minimum Gasteiger partial charge on any atom is -0.316 e. The van der Waals surface area contributed by atoms with Crippen LogP contribution in [0.4, 0.5) is 0 Å². The standard InChI is InChI=1S/C18H30BrN/c1-14(2)5-6-17(13-20-12-15(3)4)11-16-7-9-18(19)10-8-16/h7-10,14-15,17,20H,5-6,11-13H2,1-4H3. The molecular formula is C18H30BrN. The highest BCUT2D eigenvalue weighted by Crippen LogP contribution is 2.19. The predicted molar refractivity (Wildman–Crippen MR) is 93.1 cm³/mol. The molecule has 0 saturated heterocycles. The Morgan fingerprint density at radius 3 is 2.10 bits per heavy atom. The van der Waals surface area contributed by atoms with E-state index in [2.05, 4.69) is 73.2 Å². The fraction of sp³-hybridized carbons (Fsp3) is 0.667. The van der Waals surface area contributed by atoms with Crippen molar-refractivity contribution in [3.63, 3.8) is 0 Å². The molecule has 1 atom stereocenters. The van der Waals surface area contributed by atoms with E-state index < -0.39 is 0 Å². The summed E-state index contributed by atoms with van der Waals surface area (Å²) in [5, 5.41) is 3.63. The lowest BCUT2D eigenvalue weighted by Gasteiger charge is -2.20. The van der Waals surface area contributed by atoms with Crippen LogP contribution in [0, 0.1) is 17.8 Å². The van der Waals surface area contributed by atoms with Gasteiger partial charge in [-0.05, 0) is 61.4 Å². The summed E-state index contributed by atoms with van der Waals surface area (Å²) < 4.78 is 1.16. The van der Waals surface area contributed by atoms with Gasteiger partial charge in [0, 0.05) is 4.47 Å². The van der Waals surface area contributed by atoms with Gasteiger partial charge >= 0.3 is 0 Å². The van der Waals surface area contributed by atoms with Gasteiger partial charge in [-0.2, -0.15) is 0 Å². The van der Waals surface area contributed by atoms with Crippen LogP contribution in [0.5, 0.6) is 0 Å². The van der Waals surface area contributed by atoms with Gasteiger partial charge in [0.15, 0.2) is 0 Å². The van der Waals surface area contributed by atoms with Crippen molar-refractivity contribution >= 4 is 15.9 Å². The molecule has 0 aliphatic carbocycles.